The van der Waals surface area contributed by atoms with Crippen LogP contribution in [0, 0.1) is 0 Å². The van der Waals surface area contributed by atoms with Crippen LogP contribution in [0.2, 0.25) is 0 Å². The third kappa shape index (κ3) is 5.50. The summed E-state index contributed by atoms with van der Waals surface area (Å²) >= 11 is 0. The van der Waals surface area contributed by atoms with Crippen LogP contribution >= 0.6 is 0 Å². The maximum Gasteiger partial charge on any atom is 0.253 e. The number of ether oxygens (including phenoxy) is 1. The molecule has 3 aromatic carbocycles. The van der Waals surface area contributed by atoms with Crippen LogP contribution in [0.25, 0.3) is 11.1 Å². The van der Waals surface area contributed by atoms with Crippen molar-refractivity contribution in [2.24, 2.45) is 0 Å². The van der Waals surface area contributed by atoms with Crippen molar-refractivity contribution in [2.75, 3.05) is 50.9 Å². The molecule has 2 fully saturated rings. The summed E-state index contributed by atoms with van der Waals surface area (Å²) in [6, 6.07) is 26.0. The van der Waals surface area contributed by atoms with Crippen LogP contribution in [-0.4, -0.2) is 73.2 Å². The van der Waals surface area contributed by atoms with Crippen molar-refractivity contribution < 1.29 is 14.3 Å². The first-order chi connectivity index (χ1) is 19.1. The number of hydrogen-bond donors (Lipinski definition) is 1. The van der Waals surface area contributed by atoms with Crippen LogP contribution < -0.4 is 15.0 Å². The molecule has 2 aliphatic heterocycles. The number of carbonyl (C=O) groups excluding carboxylic acids is 2. The summed E-state index contributed by atoms with van der Waals surface area (Å²) in [6.45, 7) is 9.02. The first-order valence-corrected chi connectivity index (χ1v) is 14.0. The number of nitrogens with zero attached hydrogens (tertiary/aromatic N) is 3. The summed E-state index contributed by atoms with van der Waals surface area (Å²) in [4.78, 5) is 32.0. The molecule has 0 aliphatic carbocycles. The lowest BCUT2D eigenvalue weighted by atomic mass is 9.85. The highest BCUT2D eigenvalue weighted by Gasteiger charge is 2.50. The normalized spacial score (nSPS) is 16.8. The summed E-state index contributed by atoms with van der Waals surface area (Å²) < 4.78 is 6.27. The van der Waals surface area contributed by atoms with Gasteiger partial charge in [0.2, 0.25) is 5.91 Å². The molecule has 0 radical (unpaired) electrons. The van der Waals surface area contributed by atoms with Gasteiger partial charge in [-0.05, 0) is 62.6 Å². The van der Waals surface area contributed by atoms with E-state index in [1.807, 2.05) is 79.4 Å². The van der Waals surface area contributed by atoms with Crippen LogP contribution in [0.3, 0.4) is 0 Å². The van der Waals surface area contributed by atoms with Crippen molar-refractivity contribution in [3.05, 3.63) is 84.4 Å². The van der Waals surface area contributed by atoms with E-state index in [1.54, 1.807) is 0 Å². The summed E-state index contributed by atoms with van der Waals surface area (Å²) in [5.41, 5.74) is 3.36. The molecule has 39 heavy (non-hydrogen) atoms. The van der Waals surface area contributed by atoms with Crippen LogP contribution in [0.1, 0.15) is 37.0 Å². The Balaban J connectivity index is 1.18. The molecule has 7 heteroatoms. The molecule has 1 N–H and O–H groups in total. The summed E-state index contributed by atoms with van der Waals surface area (Å²) in [6.07, 6.45) is 1.59. The topological polar surface area (TPSA) is 65.1 Å². The van der Waals surface area contributed by atoms with Gasteiger partial charge in [0, 0.05) is 49.5 Å². The molecule has 204 valence electrons. The number of nitrogens with one attached hydrogen (secondary N) is 1. The molecule has 2 saturated heterocycles. The summed E-state index contributed by atoms with van der Waals surface area (Å²) in [7, 11) is 0. The van der Waals surface area contributed by atoms with E-state index < -0.39 is 5.54 Å². The molecule has 2 amide bonds. The third-order valence-corrected chi connectivity index (χ3v) is 8.13. The SMILES string of the molecule is CCN(CC)C(=O)c1ccc(-c2ccccc2OCCN2CCC3(CC2)C(=O)NCN3c2ccccc2)cc1. The predicted molar refractivity (Wildman–Crippen MR) is 155 cm³/mol. The van der Waals surface area contributed by atoms with E-state index in [-0.39, 0.29) is 11.8 Å². The van der Waals surface area contributed by atoms with Gasteiger partial charge in [-0.25, -0.2) is 0 Å². The molecule has 1 spiro atoms. The third-order valence-electron chi connectivity index (χ3n) is 8.13. The zero-order valence-corrected chi connectivity index (χ0v) is 22.9. The van der Waals surface area contributed by atoms with Crippen molar-refractivity contribution in [2.45, 2.75) is 32.2 Å². The number of likely N-dealkylation sites (tertiary alicyclic amines) is 1. The number of para-hydroxylation sites is 2. The van der Waals surface area contributed by atoms with Gasteiger partial charge in [0.1, 0.15) is 17.9 Å². The molecular weight excluding hydrogens is 488 g/mol. The second kappa shape index (κ2) is 11.9. The lowest BCUT2D eigenvalue weighted by Gasteiger charge is -2.43. The van der Waals surface area contributed by atoms with Crippen molar-refractivity contribution in [3.8, 4) is 16.9 Å². The Hall–Kier alpha value is -3.84. The van der Waals surface area contributed by atoms with Crippen LogP contribution in [0.4, 0.5) is 5.69 Å². The molecule has 3 aromatic rings. The fourth-order valence-corrected chi connectivity index (χ4v) is 5.78. The minimum absolute atomic E-state index is 0.0568. The minimum atomic E-state index is -0.468. The Bertz CT molecular complexity index is 1270. The zero-order chi connectivity index (χ0) is 27.2. The standard InChI is InChI=1S/C32H38N4O3/c1-3-35(4-2)30(37)26-16-14-25(15-17-26)28-12-8-9-13-29(28)39-23-22-34-20-18-32(19-21-34)31(38)33-24-36(32)27-10-6-5-7-11-27/h5-17H,3-4,18-24H2,1-2H3,(H,33,38). The van der Waals surface area contributed by atoms with Gasteiger partial charge in [-0.3, -0.25) is 14.5 Å². The highest BCUT2D eigenvalue weighted by molar-refractivity contribution is 5.95. The largest absolute Gasteiger partial charge is 0.492 e. The first-order valence-electron chi connectivity index (χ1n) is 14.0. The Morgan fingerprint density at radius 3 is 2.28 bits per heavy atom. The maximum absolute atomic E-state index is 12.9. The number of rotatable bonds is 9. The van der Waals surface area contributed by atoms with E-state index in [0.29, 0.717) is 31.9 Å². The quantitative estimate of drug-likeness (QED) is 0.440. The Labute approximate surface area is 231 Å². The van der Waals surface area contributed by atoms with E-state index in [1.165, 1.54) is 0 Å². The van der Waals surface area contributed by atoms with E-state index >= 15 is 0 Å². The summed E-state index contributed by atoms with van der Waals surface area (Å²) in [5.74, 6) is 1.03. The molecule has 5 rings (SSSR count). The number of carbonyl (C=O) groups is 2. The Morgan fingerprint density at radius 1 is 0.923 bits per heavy atom. The van der Waals surface area contributed by atoms with Gasteiger partial charge in [-0.1, -0.05) is 48.5 Å². The molecule has 0 saturated carbocycles. The maximum atomic E-state index is 12.9. The smallest absolute Gasteiger partial charge is 0.253 e. The van der Waals surface area contributed by atoms with Crippen molar-refractivity contribution in [1.82, 2.24) is 15.1 Å². The zero-order valence-electron chi connectivity index (χ0n) is 22.9. The number of amides is 2. The monoisotopic (exact) mass is 526 g/mol. The lowest BCUT2D eigenvalue weighted by molar-refractivity contribution is -0.125. The lowest BCUT2D eigenvalue weighted by Crippen LogP contribution is -2.56. The fraction of sp³-hybridized carbons (Fsp3) is 0.375. The minimum Gasteiger partial charge on any atom is -0.492 e. The van der Waals surface area contributed by atoms with Gasteiger partial charge in [0.15, 0.2) is 0 Å². The second-order valence-corrected chi connectivity index (χ2v) is 10.2. The number of hydrogen-bond acceptors (Lipinski definition) is 5. The molecule has 0 atom stereocenters. The molecule has 7 nitrogen and oxygen atoms in total. The highest BCUT2D eigenvalue weighted by Crippen LogP contribution is 2.36. The predicted octanol–water partition coefficient (Wildman–Crippen LogP) is 4.64. The number of benzene rings is 3. The average molecular weight is 527 g/mol. The van der Waals surface area contributed by atoms with Crippen molar-refractivity contribution >= 4 is 17.5 Å². The molecule has 0 aromatic heterocycles. The van der Waals surface area contributed by atoms with E-state index in [4.69, 9.17) is 4.74 Å². The van der Waals surface area contributed by atoms with Crippen LogP contribution in [0.5, 0.6) is 5.75 Å². The number of piperidine rings is 1. The second-order valence-electron chi connectivity index (χ2n) is 10.2. The van der Waals surface area contributed by atoms with Crippen molar-refractivity contribution in [3.63, 3.8) is 0 Å². The Morgan fingerprint density at radius 2 is 1.59 bits per heavy atom. The van der Waals surface area contributed by atoms with Gasteiger partial charge in [-0.2, -0.15) is 0 Å². The van der Waals surface area contributed by atoms with Gasteiger partial charge in [-0.15, -0.1) is 0 Å². The van der Waals surface area contributed by atoms with Gasteiger partial charge in [0.05, 0.1) is 6.67 Å². The van der Waals surface area contributed by atoms with Crippen LogP contribution in [-0.2, 0) is 4.79 Å². The molecule has 0 unspecified atom stereocenters. The molecule has 2 aliphatic rings. The van der Waals surface area contributed by atoms with Gasteiger partial charge < -0.3 is 19.9 Å². The first kappa shape index (κ1) is 26.8. The summed E-state index contributed by atoms with van der Waals surface area (Å²) in [5, 5.41) is 3.07. The average Bonchev–Trinajstić information content (AvgIpc) is 3.30. The Kier molecular flexibility index (Phi) is 8.17. The van der Waals surface area contributed by atoms with Gasteiger partial charge in [0.25, 0.3) is 5.91 Å². The van der Waals surface area contributed by atoms with E-state index in [0.717, 1.165) is 55.0 Å². The van der Waals surface area contributed by atoms with Crippen molar-refractivity contribution in [1.29, 1.82) is 0 Å². The molecule has 0 bridgehead atoms. The molecular formula is C32H38N4O3. The van der Waals surface area contributed by atoms with Crippen LogP contribution in [0.15, 0.2) is 78.9 Å². The van der Waals surface area contributed by atoms with E-state index in [9.17, 15) is 9.59 Å². The van der Waals surface area contributed by atoms with E-state index in [2.05, 4.69) is 33.3 Å². The fourth-order valence-electron chi connectivity index (χ4n) is 5.78. The van der Waals surface area contributed by atoms with Gasteiger partial charge >= 0.3 is 0 Å². The highest BCUT2D eigenvalue weighted by atomic mass is 16.5. The molecule has 2 heterocycles. The number of anilines is 1.